The predicted octanol–water partition coefficient (Wildman–Crippen LogP) is 0.827. The lowest BCUT2D eigenvalue weighted by Gasteiger charge is -2.34. The molecule has 0 radical (unpaired) electrons. The Morgan fingerprint density at radius 2 is 2.46 bits per heavy atom. The molecule has 4 heteroatoms. The van der Waals surface area contributed by atoms with Crippen molar-refractivity contribution in [3.63, 3.8) is 0 Å². The maximum atomic E-state index is 11.2. The average Bonchev–Trinajstić information content (AvgIpc) is 2.16. The second-order valence-electron chi connectivity index (χ2n) is 3.32. The lowest BCUT2D eigenvalue weighted by molar-refractivity contribution is -0.258. The summed E-state index contributed by atoms with van der Waals surface area (Å²) >= 11 is 0. The molecule has 1 aliphatic heterocycles. The van der Waals surface area contributed by atoms with Gasteiger partial charge in [-0.25, -0.2) is 4.79 Å². The zero-order valence-electron chi connectivity index (χ0n) is 8.08. The minimum absolute atomic E-state index is 0.0298. The number of methoxy groups -OCH3 is 1. The molecule has 1 fully saturated rings. The Balaban J connectivity index is 2.62. The monoisotopic (exact) mass is 188 g/mol. The van der Waals surface area contributed by atoms with Crippen LogP contribution in [0.4, 0.5) is 0 Å². The summed E-state index contributed by atoms with van der Waals surface area (Å²) in [5.74, 6) is -2.39. The molecule has 1 aliphatic rings. The van der Waals surface area contributed by atoms with E-state index in [1.54, 1.807) is 0 Å². The van der Waals surface area contributed by atoms with Crippen molar-refractivity contribution in [3.05, 3.63) is 0 Å². The molecule has 0 aromatic heterocycles. The maximum Gasteiger partial charge on any atom is 0.366 e. The fourth-order valence-electron chi connectivity index (χ4n) is 1.56. The van der Waals surface area contributed by atoms with Gasteiger partial charge in [-0.05, 0) is 19.3 Å². The summed E-state index contributed by atoms with van der Waals surface area (Å²) in [7, 11) is 1.25. The molecule has 76 valence electrons. The second-order valence-corrected chi connectivity index (χ2v) is 3.32. The molecule has 0 spiro atoms. The Morgan fingerprint density at radius 3 is 3.00 bits per heavy atom. The predicted molar refractivity (Wildman–Crippen MR) is 46.0 cm³/mol. The van der Waals surface area contributed by atoms with Crippen molar-refractivity contribution >= 4 is 5.97 Å². The molecule has 0 aliphatic carbocycles. The summed E-state index contributed by atoms with van der Waals surface area (Å²) in [6.45, 7) is 1.97. The van der Waals surface area contributed by atoms with E-state index in [4.69, 9.17) is 4.74 Å². The number of ether oxygens (including phenoxy) is 2. The van der Waals surface area contributed by atoms with E-state index in [9.17, 15) is 9.90 Å². The molecule has 0 aromatic carbocycles. The van der Waals surface area contributed by atoms with Crippen LogP contribution in [-0.4, -0.2) is 30.1 Å². The third kappa shape index (κ3) is 2.19. The smallest absolute Gasteiger partial charge is 0.366 e. The minimum atomic E-state index is -1.70. The molecule has 0 bridgehead atoms. The van der Waals surface area contributed by atoms with Crippen molar-refractivity contribution in [1.29, 1.82) is 0 Å². The summed E-state index contributed by atoms with van der Waals surface area (Å²) < 4.78 is 9.73. The topological polar surface area (TPSA) is 55.8 Å². The van der Waals surface area contributed by atoms with Crippen LogP contribution in [-0.2, 0) is 14.3 Å². The summed E-state index contributed by atoms with van der Waals surface area (Å²) in [6.07, 6.45) is 2.80. The quantitative estimate of drug-likeness (QED) is 0.652. The van der Waals surface area contributed by atoms with Crippen LogP contribution in [0.1, 0.15) is 32.6 Å². The normalized spacial score (nSPS) is 34.2. The molecule has 1 heterocycles. The van der Waals surface area contributed by atoms with Crippen LogP contribution < -0.4 is 0 Å². The molecule has 1 N–H and O–H groups in total. The Morgan fingerprint density at radius 1 is 1.77 bits per heavy atom. The van der Waals surface area contributed by atoms with Crippen molar-refractivity contribution < 1.29 is 19.4 Å². The average molecular weight is 188 g/mol. The number of esters is 1. The molecule has 0 amide bonds. The number of hydrogen-bond acceptors (Lipinski definition) is 4. The van der Waals surface area contributed by atoms with E-state index in [2.05, 4.69) is 4.74 Å². The van der Waals surface area contributed by atoms with Crippen molar-refractivity contribution in [2.24, 2.45) is 0 Å². The number of rotatable bonds is 2. The Kier molecular flexibility index (Phi) is 3.27. The van der Waals surface area contributed by atoms with Crippen LogP contribution in [0.15, 0.2) is 0 Å². The van der Waals surface area contributed by atoms with Gasteiger partial charge in [0.15, 0.2) is 0 Å². The van der Waals surface area contributed by atoms with E-state index >= 15 is 0 Å². The van der Waals surface area contributed by atoms with Crippen molar-refractivity contribution in [1.82, 2.24) is 0 Å². The molecular weight excluding hydrogens is 172 g/mol. The van der Waals surface area contributed by atoms with Crippen molar-refractivity contribution in [2.45, 2.75) is 44.5 Å². The zero-order chi connectivity index (χ0) is 9.90. The first-order valence-electron chi connectivity index (χ1n) is 4.61. The summed E-state index contributed by atoms with van der Waals surface area (Å²) in [4.78, 5) is 11.2. The fraction of sp³-hybridized carbons (Fsp3) is 0.889. The Labute approximate surface area is 77.8 Å². The van der Waals surface area contributed by atoms with E-state index in [1.165, 1.54) is 7.11 Å². The van der Waals surface area contributed by atoms with E-state index in [0.717, 1.165) is 19.3 Å². The standard InChI is InChI=1S/C9H16O4/c1-3-7-5-4-6-9(11,13-7)8(10)12-2/h7,11H,3-6H2,1-2H3/t7-,9-/m1/s1. The summed E-state index contributed by atoms with van der Waals surface area (Å²) in [5.41, 5.74) is 0. The molecule has 0 unspecified atom stereocenters. The van der Waals surface area contributed by atoms with E-state index in [-0.39, 0.29) is 6.10 Å². The lowest BCUT2D eigenvalue weighted by atomic mass is 10.00. The zero-order valence-corrected chi connectivity index (χ0v) is 8.08. The van der Waals surface area contributed by atoms with Gasteiger partial charge >= 0.3 is 5.97 Å². The van der Waals surface area contributed by atoms with Gasteiger partial charge in [0.05, 0.1) is 13.2 Å². The number of carbonyl (C=O) groups excluding carboxylic acids is 1. The van der Waals surface area contributed by atoms with Gasteiger partial charge in [0.2, 0.25) is 0 Å². The lowest BCUT2D eigenvalue weighted by Crippen LogP contribution is -2.47. The maximum absolute atomic E-state index is 11.2. The summed E-state index contributed by atoms with van der Waals surface area (Å²) in [5, 5.41) is 9.74. The van der Waals surface area contributed by atoms with Crippen LogP contribution >= 0.6 is 0 Å². The van der Waals surface area contributed by atoms with E-state index in [1.807, 2.05) is 6.92 Å². The summed E-state index contributed by atoms with van der Waals surface area (Å²) in [6, 6.07) is 0. The van der Waals surface area contributed by atoms with Gasteiger partial charge < -0.3 is 14.6 Å². The SMILES string of the molecule is CC[C@@H]1CCC[C@](O)(C(=O)OC)O1. The third-order valence-electron chi connectivity index (χ3n) is 2.36. The number of aliphatic hydroxyl groups is 1. The number of hydrogen-bond donors (Lipinski definition) is 1. The first kappa shape index (κ1) is 10.5. The number of carbonyl (C=O) groups is 1. The van der Waals surface area contributed by atoms with Gasteiger partial charge in [-0.2, -0.15) is 0 Å². The van der Waals surface area contributed by atoms with E-state index < -0.39 is 11.8 Å². The van der Waals surface area contributed by atoms with E-state index in [0.29, 0.717) is 6.42 Å². The Hall–Kier alpha value is -0.610. The second kappa shape index (κ2) is 4.07. The molecule has 13 heavy (non-hydrogen) atoms. The van der Waals surface area contributed by atoms with Gasteiger partial charge in [0.25, 0.3) is 5.79 Å². The molecule has 1 rings (SSSR count). The van der Waals surface area contributed by atoms with Crippen molar-refractivity contribution in [3.8, 4) is 0 Å². The van der Waals surface area contributed by atoms with Crippen LogP contribution in [0.2, 0.25) is 0 Å². The van der Waals surface area contributed by atoms with Gasteiger partial charge in [0, 0.05) is 6.42 Å². The third-order valence-corrected chi connectivity index (χ3v) is 2.36. The molecular formula is C9H16O4. The van der Waals surface area contributed by atoms with Crippen molar-refractivity contribution in [2.75, 3.05) is 7.11 Å². The highest BCUT2D eigenvalue weighted by atomic mass is 16.7. The highest BCUT2D eigenvalue weighted by molar-refractivity contribution is 5.77. The van der Waals surface area contributed by atoms with Gasteiger partial charge in [-0.3, -0.25) is 0 Å². The van der Waals surface area contributed by atoms with Gasteiger partial charge in [0.1, 0.15) is 0 Å². The largest absolute Gasteiger partial charge is 0.465 e. The first-order chi connectivity index (χ1) is 6.12. The van der Waals surface area contributed by atoms with Crippen LogP contribution in [0.3, 0.4) is 0 Å². The minimum Gasteiger partial charge on any atom is -0.465 e. The van der Waals surface area contributed by atoms with Crippen LogP contribution in [0.5, 0.6) is 0 Å². The van der Waals surface area contributed by atoms with Gasteiger partial charge in [-0.1, -0.05) is 6.92 Å². The first-order valence-corrected chi connectivity index (χ1v) is 4.61. The van der Waals surface area contributed by atoms with Gasteiger partial charge in [-0.15, -0.1) is 0 Å². The molecule has 4 nitrogen and oxygen atoms in total. The molecule has 0 aromatic rings. The molecule has 1 saturated heterocycles. The fourth-order valence-corrected chi connectivity index (χ4v) is 1.56. The van der Waals surface area contributed by atoms with Crippen LogP contribution in [0, 0.1) is 0 Å². The molecule has 0 saturated carbocycles. The Bertz CT molecular complexity index is 192. The highest BCUT2D eigenvalue weighted by Gasteiger charge is 2.42. The highest BCUT2D eigenvalue weighted by Crippen LogP contribution is 2.28. The molecule has 2 atom stereocenters. The van der Waals surface area contributed by atoms with Crippen LogP contribution in [0.25, 0.3) is 0 Å².